The van der Waals surface area contributed by atoms with Gasteiger partial charge in [-0.05, 0) is 0 Å². The van der Waals surface area contributed by atoms with Crippen molar-refractivity contribution in [1.29, 1.82) is 0 Å². The van der Waals surface area contributed by atoms with Crippen LogP contribution in [0, 0.1) is 0 Å². The fourth-order valence-electron chi connectivity index (χ4n) is 0.667. The Balaban J connectivity index is 2.41. The van der Waals surface area contributed by atoms with Gasteiger partial charge in [-0.1, -0.05) is 0 Å². The number of ether oxygens (including phenoxy) is 1. The quantitative estimate of drug-likeness (QED) is 0.372. The van der Waals surface area contributed by atoms with Crippen LogP contribution in [0.4, 0.5) is 0 Å². The van der Waals surface area contributed by atoms with Gasteiger partial charge in [-0.15, -0.1) is 0 Å². The fraction of sp³-hybridized carbons (Fsp3) is 0.600. The zero-order valence-corrected chi connectivity index (χ0v) is 4.79. The highest BCUT2D eigenvalue weighted by Crippen LogP contribution is 1.95. The average Bonchev–Trinajstić information content (AvgIpc) is 2.37. The molecule has 1 rings (SSSR count). The van der Waals surface area contributed by atoms with E-state index in [1.165, 1.54) is 0 Å². The minimum Gasteiger partial charge on any atom is -0.353 e. The zero-order chi connectivity index (χ0) is 6.69. The van der Waals surface area contributed by atoms with E-state index in [-0.39, 0.29) is 6.29 Å². The van der Waals surface area contributed by atoms with Crippen LogP contribution < -0.4 is 5.32 Å². The lowest BCUT2D eigenvalue weighted by atomic mass is 10.2. The molecular weight excluding hydrogens is 122 g/mol. The molecule has 4 nitrogen and oxygen atoms in total. The van der Waals surface area contributed by atoms with Crippen molar-refractivity contribution in [2.24, 2.45) is 0 Å². The predicted octanol–water partition coefficient (Wildman–Crippen LogP) is -1.30. The molecular formula is C5H7NO3. The van der Waals surface area contributed by atoms with Gasteiger partial charge in [-0.3, -0.25) is 14.9 Å². The number of hydrogen-bond donors (Lipinski definition) is 1. The Morgan fingerprint density at radius 1 is 1.78 bits per heavy atom. The smallest absolute Gasteiger partial charge is 0.225 e. The second-order valence-electron chi connectivity index (χ2n) is 1.77. The molecule has 0 aromatic carbocycles. The van der Waals surface area contributed by atoms with Crippen LogP contribution in [0.5, 0.6) is 0 Å². The van der Waals surface area contributed by atoms with Gasteiger partial charge in [0.25, 0.3) is 0 Å². The van der Waals surface area contributed by atoms with E-state index in [2.05, 4.69) is 5.32 Å². The summed E-state index contributed by atoms with van der Waals surface area (Å²) in [5, 5.41) is 2.79. The lowest BCUT2D eigenvalue weighted by molar-refractivity contribution is -0.135. The van der Waals surface area contributed by atoms with Gasteiger partial charge in [0, 0.05) is 6.54 Å². The number of carbonyl (C=O) groups excluding carboxylic acids is 2. The Labute approximate surface area is 52.2 Å². The Morgan fingerprint density at radius 2 is 2.56 bits per heavy atom. The summed E-state index contributed by atoms with van der Waals surface area (Å²) in [6, 6.07) is 0. The molecule has 0 radical (unpaired) electrons. The summed E-state index contributed by atoms with van der Waals surface area (Å²) in [6.07, 6.45) is -0.250. The molecule has 0 bridgehead atoms. The van der Waals surface area contributed by atoms with Crippen molar-refractivity contribution in [2.75, 3.05) is 13.3 Å². The molecule has 4 heteroatoms. The lowest BCUT2D eigenvalue weighted by Crippen LogP contribution is -2.25. The molecule has 0 aliphatic carbocycles. The van der Waals surface area contributed by atoms with E-state index in [4.69, 9.17) is 4.74 Å². The molecule has 1 atom stereocenters. The number of rotatable bonds is 2. The summed E-state index contributed by atoms with van der Waals surface area (Å²) < 4.78 is 4.81. The topological polar surface area (TPSA) is 55.4 Å². The van der Waals surface area contributed by atoms with Crippen LogP contribution in [-0.2, 0) is 14.3 Å². The van der Waals surface area contributed by atoms with Crippen molar-refractivity contribution in [3.8, 4) is 0 Å². The van der Waals surface area contributed by atoms with Gasteiger partial charge in [0.15, 0.2) is 6.29 Å². The number of Topliss-reactive ketones (excluding diaryl/α,β-unsaturated/α-hetero) is 1. The van der Waals surface area contributed by atoms with E-state index in [1.807, 2.05) is 0 Å². The molecule has 0 spiro atoms. The molecule has 1 fully saturated rings. The minimum absolute atomic E-state index is 0.289. The summed E-state index contributed by atoms with van der Waals surface area (Å²) in [7, 11) is 0. The van der Waals surface area contributed by atoms with Crippen molar-refractivity contribution in [3.63, 3.8) is 0 Å². The number of ketones is 1. The van der Waals surface area contributed by atoms with Gasteiger partial charge in [-0.2, -0.15) is 0 Å². The summed E-state index contributed by atoms with van der Waals surface area (Å²) in [4.78, 5) is 20.3. The minimum atomic E-state index is -0.539. The predicted molar refractivity (Wildman–Crippen MR) is 28.8 cm³/mol. The lowest BCUT2D eigenvalue weighted by Gasteiger charge is -1.98. The molecule has 1 heterocycles. The Morgan fingerprint density at radius 3 is 3.00 bits per heavy atom. The average molecular weight is 129 g/mol. The van der Waals surface area contributed by atoms with Crippen molar-refractivity contribution >= 4 is 12.1 Å². The summed E-state index contributed by atoms with van der Waals surface area (Å²) >= 11 is 0. The summed E-state index contributed by atoms with van der Waals surface area (Å²) in [5.74, 6) is -0.486. The van der Waals surface area contributed by atoms with Crippen molar-refractivity contribution in [2.45, 2.75) is 6.10 Å². The van der Waals surface area contributed by atoms with Crippen LogP contribution >= 0.6 is 0 Å². The molecule has 0 saturated carbocycles. The highest BCUT2D eigenvalue weighted by Gasteiger charge is 2.21. The van der Waals surface area contributed by atoms with Gasteiger partial charge in [-0.25, -0.2) is 0 Å². The fourth-order valence-corrected chi connectivity index (χ4v) is 0.667. The van der Waals surface area contributed by atoms with Crippen LogP contribution in [0.25, 0.3) is 0 Å². The van der Waals surface area contributed by atoms with Gasteiger partial charge < -0.3 is 4.74 Å². The molecule has 50 valence electrons. The molecule has 1 N–H and O–H groups in total. The van der Waals surface area contributed by atoms with Gasteiger partial charge in [0.2, 0.25) is 5.78 Å². The van der Waals surface area contributed by atoms with E-state index in [9.17, 15) is 9.59 Å². The van der Waals surface area contributed by atoms with E-state index < -0.39 is 11.9 Å². The maximum atomic E-state index is 10.5. The highest BCUT2D eigenvalue weighted by molar-refractivity contribution is 6.27. The maximum absolute atomic E-state index is 10.5. The van der Waals surface area contributed by atoms with Crippen LogP contribution in [-0.4, -0.2) is 31.4 Å². The van der Waals surface area contributed by atoms with Crippen molar-refractivity contribution in [3.05, 3.63) is 0 Å². The molecule has 0 aromatic heterocycles. The molecule has 1 unspecified atom stereocenters. The highest BCUT2D eigenvalue weighted by atomic mass is 16.5. The monoisotopic (exact) mass is 129 g/mol. The molecule has 1 aliphatic heterocycles. The van der Waals surface area contributed by atoms with Crippen molar-refractivity contribution < 1.29 is 14.3 Å². The van der Waals surface area contributed by atoms with Gasteiger partial charge in [0.1, 0.15) is 6.10 Å². The third-order valence-corrected chi connectivity index (χ3v) is 1.15. The second-order valence-corrected chi connectivity index (χ2v) is 1.77. The number of hydrogen-bond acceptors (Lipinski definition) is 4. The molecule has 9 heavy (non-hydrogen) atoms. The Hall–Kier alpha value is -0.740. The zero-order valence-electron chi connectivity index (χ0n) is 4.79. The van der Waals surface area contributed by atoms with Gasteiger partial charge >= 0.3 is 0 Å². The SMILES string of the molecule is O=CC(=O)C1CNCO1. The number of aldehydes is 1. The van der Waals surface area contributed by atoms with E-state index in [1.54, 1.807) is 0 Å². The summed E-state index contributed by atoms with van der Waals surface area (Å²) in [6.45, 7) is 0.821. The number of nitrogens with one attached hydrogen (secondary N) is 1. The standard InChI is InChI=1S/C5H7NO3/c7-2-4(8)5-1-6-3-9-5/h2,5-6H,1,3H2. The van der Waals surface area contributed by atoms with Crippen molar-refractivity contribution in [1.82, 2.24) is 5.32 Å². The van der Waals surface area contributed by atoms with Gasteiger partial charge in [0.05, 0.1) is 6.73 Å². The first-order valence-electron chi connectivity index (χ1n) is 2.66. The normalized spacial score (nSPS) is 26.0. The van der Waals surface area contributed by atoms with Crippen LogP contribution in [0.15, 0.2) is 0 Å². The van der Waals surface area contributed by atoms with Crippen LogP contribution in [0.3, 0.4) is 0 Å². The molecule has 1 saturated heterocycles. The van der Waals surface area contributed by atoms with Crippen LogP contribution in [0.2, 0.25) is 0 Å². The van der Waals surface area contributed by atoms with Crippen LogP contribution in [0.1, 0.15) is 0 Å². The summed E-state index contributed by atoms with van der Waals surface area (Å²) in [5.41, 5.74) is 0. The molecule has 0 amide bonds. The van der Waals surface area contributed by atoms with E-state index in [0.29, 0.717) is 13.3 Å². The third-order valence-electron chi connectivity index (χ3n) is 1.15. The Bertz CT molecular complexity index is 128. The maximum Gasteiger partial charge on any atom is 0.225 e. The first-order valence-corrected chi connectivity index (χ1v) is 2.66. The molecule has 1 aliphatic rings. The second kappa shape index (κ2) is 2.70. The third kappa shape index (κ3) is 1.34. The number of carbonyl (C=O) groups is 2. The largest absolute Gasteiger partial charge is 0.353 e. The first kappa shape index (κ1) is 6.38. The first-order chi connectivity index (χ1) is 4.34. The molecule has 0 aromatic rings. The Kier molecular flexibility index (Phi) is 1.92. The van der Waals surface area contributed by atoms with E-state index in [0.717, 1.165) is 0 Å². The van der Waals surface area contributed by atoms with E-state index >= 15 is 0 Å².